The first-order valence-corrected chi connectivity index (χ1v) is 9.05. The molecule has 0 aromatic carbocycles. The molecule has 0 bridgehead atoms. The Morgan fingerprint density at radius 1 is 1.04 bits per heavy atom. The van der Waals surface area contributed by atoms with Gasteiger partial charge in [-0.3, -0.25) is 5.43 Å². The zero-order chi connectivity index (χ0) is 19.2. The molecule has 0 aliphatic carbocycles. The zero-order valence-corrected chi connectivity index (χ0v) is 16.7. The number of hydrogen-bond donors (Lipinski definition) is 2. The Balaban J connectivity index is 5.32. The van der Waals surface area contributed by atoms with Crippen LogP contribution in [0.4, 0.5) is 0 Å². The molecule has 2 N–H and O–H groups in total. The molecule has 25 heavy (non-hydrogen) atoms. The van der Waals surface area contributed by atoms with Crippen LogP contribution in [-0.2, 0) is 0 Å². The molecule has 0 spiro atoms. The number of aliphatic hydroxyl groups excluding tert-OH is 1. The number of aliphatic hydroxyl groups is 1. The van der Waals surface area contributed by atoms with Crippen molar-refractivity contribution in [1.82, 2.24) is 10.4 Å². The zero-order valence-electron chi connectivity index (χ0n) is 16.7. The van der Waals surface area contributed by atoms with Crippen LogP contribution < -0.4 is 5.43 Å². The lowest BCUT2D eigenvalue weighted by Gasteiger charge is -2.26. The Morgan fingerprint density at radius 3 is 2.16 bits per heavy atom. The van der Waals surface area contributed by atoms with Crippen molar-refractivity contribution < 1.29 is 5.11 Å². The van der Waals surface area contributed by atoms with E-state index in [0.717, 1.165) is 31.5 Å². The molecule has 0 unspecified atom stereocenters. The lowest BCUT2D eigenvalue weighted by Crippen LogP contribution is -2.42. The van der Waals surface area contributed by atoms with Crippen molar-refractivity contribution in [2.75, 3.05) is 19.6 Å². The minimum Gasteiger partial charge on any atom is -0.508 e. The number of hydrazine groups is 1. The second-order valence-corrected chi connectivity index (χ2v) is 5.99. The summed E-state index contributed by atoms with van der Waals surface area (Å²) in [7, 11) is 0. The average molecular weight is 345 g/mol. The van der Waals surface area contributed by atoms with Crippen LogP contribution in [0.3, 0.4) is 0 Å². The van der Waals surface area contributed by atoms with Gasteiger partial charge in [-0.25, -0.2) is 5.01 Å². The maximum absolute atomic E-state index is 9.90. The number of rotatable bonds is 12. The maximum atomic E-state index is 9.90. The number of nitrogens with one attached hydrogen (secondary N) is 1. The highest BCUT2D eigenvalue weighted by Crippen LogP contribution is 2.13. The third-order valence-corrected chi connectivity index (χ3v) is 4.28. The molecule has 0 aliphatic heterocycles. The van der Waals surface area contributed by atoms with Crippen molar-refractivity contribution in [3.8, 4) is 0 Å². The lowest BCUT2D eigenvalue weighted by molar-refractivity contribution is 0.230. The fraction of sp³-hybridized carbons (Fsp3) is 0.455. The molecule has 0 fully saturated rings. The van der Waals surface area contributed by atoms with Gasteiger partial charge in [-0.15, -0.1) is 0 Å². The van der Waals surface area contributed by atoms with E-state index in [-0.39, 0.29) is 5.76 Å². The van der Waals surface area contributed by atoms with Gasteiger partial charge in [-0.05, 0) is 45.8 Å². The van der Waals surface area contributed by atoms with Gasteiger partial charge in [0.25, 0.3) is 0 Å². The predicted octanol–water partition coefficient (Wildman–Crippen LogP) is 5.64. The van der Waals surface area contributed by atoms with E-state index in [1.807, 2.05) is 0 Å². The normalized spacial score (nSPS) is 14.6. The van der Waals surface area contributed by atoms with Crippen molar-refractivity contribution in [3.05, 3.63) is 71.6 Å². The van der Waals surface area contributed by atoms with Crippen molar-refractivity contribution in [3.63, 3.8) is 0 Å². The second kappa shape index (κ2) is 13.5. The molecule has 3 nitrogen and oxygen atoms in total. The summed E-state index contributed by atoms with van der Waals surface area (Å²) in [6.07, 6.45) is 11.8. The third kappa shape index (κ3) is 8.71. The van der Waals surface area contributed by atoms with Crippen LogP contribution in [0.15, 0.2) is 71.6 Å². The van der Waals surface area contributed by atoms with Crippen LogP contribution in [0.5, 0.6) is 0 Å². The van der Waals surface area contributed by atoms with Gasteiger partial charge in [0.05, 0.1) is 0 Å². The summed E-state index contributed by atoms with van der Waals surface area (Å²) >= 11 is 0. The van der Waals surface area contributed by atoms with Gasteiger partial charge in [0.1, 0.15) is 5.76 Å². The molecule has 0 saturated heterocycles. The van der Waals surface area contributed by atoms with Gasteiger partial charge in [0, 0.05) is 25.2 Å². The molecule has 0 atom stereocenters. The summed E-state index contributed by atoms with van der Waals surface area (Å²) in [5, 5.41) is 12.1. The number of allylic oxidation sites excluding steroid dienone is 4. The summed E-state index contributed by atoms with van der Waals surface area (Å²) in [4.78, 5) is 0. The van der Waals surface area contributed by atoms with Gasteiger partial charge in [0.15, 0.2) is 0 Å². The molecule has 0 amide bonds. The van der Waals surface area contributed by atoms with E-state index in [1.54, 1.807) is 6.08 Å². The molecule has 0 heterocycles. The van der Waals surface area contributed by atoms with E-state index < -0.39 is 0 Å². The van der Waals surface area contributed by atoms with Crippen LogP contribution in [0, 0.1) is 0 Å². The van der Waals surface area contributed by atoms with Gasteiger partial charge in [-0.1, -0.05) is 62.0 Å². The van der Waals surface area contributed by atoms with E-state index in [2.05, 4.69) is 76.4 Å². The van der Waals surface area contributed by atoms with E-state index in [1.165, 1.54) is 22.8 Å². The molecular weight excluding hydrogens is 308 g/mol. The highest BCUT2D eigenvalue weighted by atomic mass is 16.3. The van der Waals surface area contributed by atoms with Crippen LogP contribution in [-0.4, -0.2) is 29.7 Å². The molecule has 3 heteroatoms. The van der Waals surface area contributed by atoms with E-state index in [9.17, 15) is 5.11 Å². The molecule has 0 aliphatic rings. The summed E-state index contributed by atoms with van der Waals surface area (Å²) in [5.41, 5.74) is 8.15. The van der Waals surface area contributed by atoms with Crippen LogP contribution in [0.1, 0.15) is 47.5 Å². The maximum Gasteiger partial charge on any atom is 0.119 e. The van der Waals surface area contributed by atoms with Gasteiger partial charge in [0.2, 0.25) is 0 Å². The van der Waals surface area contributed by atoms with Crippen molar-refractivity contribution in [1.29, 1.82) is 0 Å². The SMILES string of the molecule is C=C/C(O)=C(\C=C)CNN(C/C(=C/C)CCC)CC(=C/C)/C(C)=C\C. The first-order valence-electron chi connectivity index (χ1n) is 9.05. The fourth-order valence-electron chi connectivity index (χ4n) is 2.48. The topological polar surface area (TPSA) is 35.5 Å². The molecule has 0 aromatic rings. The smallest absolute Gasteiger partial charge is 0.119 e. The minimum absolute atomic E-state index is 0.165. The molecule has 0 radical (unpaired) electrons. The lowest BCUT2D eigenvalue weighted by atomic mass is 10.1. The van der Waals surface area contributed by atoms with Crippen molar-refractivity contribution in [2.45, 2.75) is 47.5 Å². The molecule has 0 rings (SSSR count). The van der Waals surface area contributed by atoms with Crippen LogP contribution >= 0.6 is 0 Å². The molecule has 0 aromatic heterocycles. The standard InChI is InChI=1S/C22H36N2O/c1-8-14-19(10-3)16-24(17-21(12-5)18(7)9-2)23-15-20(11-4)22(25)13-6/h9-13,23,25H,4,6,8,14-17H2,1-3,5,7H3/b18-9-,19-10+,21-12-,22-20-. The van der Waals surface area contributed by atoms with Crippen LogP contribution in [0.2, 0.25) is 0 Å². The Kier molecular flexibility index (Phi) is 12.5. The Labute approximate surface area is 154 Å². The average Bonchev–Trinajstić information content (AvgIpc) is 2.64. The number of nitrogens with zero attached hydrogens (tertiary/aromatic N) is 1. The van der Waals surface area contributed by atoms with Crippen LogP contribution in [0.25, 0.3) is 0 Å². The third-order valence-electron chi connectivity index (χ3n) is 4.28. The Morgan fingerprint density at radius 2 is 1.72 bits per heavy atom. The minimum atomic E-state index is 0.165. The molecule has 140 valence electrons. The second-order valence-electron chi connectivity index (χ2n) is 5.99. The Bertz CT molecular complexity index is 550. The highest BCUT2D eigenvalue weighted by molar-refractivity contribution is 5.30. The quantitative estimate of drug-likeness (QED) is 0.208. The molecule has 0 saturated carbocycles. The summed E-state index contributed by atoms with van der Waals surface area (Å²) < 4.78 is 0. The molecular formula is C22H36N2O. The Hall–Kier alpha value is -1.84. The van der Waals surface area contributed by atoms with Gasteiger partial charge in [-0.2, -0.15) is 0 Å². The monoisotopic (exact) mass is 344 g/mol. The first kappa shape index (κ1) is 23.2. The van der Waals surface area contributed by atoms with Crippen molar-refractivity contribution >= 4 is 0 Å². The predicted molar refractivity (Wildman–Crippen MR) is 111 cm³/mol. The highest BCUT2D eigenvalue weighted by Gasteiger charge is 2.11. The largest absolute Gasteiger partial charge is 0.508 e. The van der Waals surface area contributed by atoms with E-state index in [0.29, 0.717) is 6.54 Å². The summed E-state index contributed by atoms with van der Waals surface area (Å²) in [6, 6.07) is 0. The first-order chi connectivity index (χ1) is 12.0. The number of hydrogen-bond acceptors (Lipinski definition) is 3. The van der Waals surface area contributed by atoms with Crippen molar-refractivity contribution in [2.24, 2.45) is 0 Å². The fourth-order valence-corrected chi connectivity index (χ4v) is 2.48. The van der Waals surface area contributed by atoms with Gasteiger partial charge < -0.3 is 5.11 Å². The van der Waals surface area contributed by atoms with Gasteiger partial charge >= 0.3 is 0 Å². The summed E-state index contributed by atoms with van der Waals surface area (Å²) in [6.45, 7) is 20.1. The summed E-state index contributed by atoms with van der Waals surface area (Å²) in [5.74, 6) is 0.165. The van der Waals surface area contributed by atoms with E-state index >= 15 is 0 Å². The van der Waals surface area contributed by atoms with E-state index in [4.69, 9.17) is 0 Å².